The van der Waals surface area contributed by atoms with E-state index in [1.807, 2.05) is 19.1 Å². The topological polar surface area (TPSA) is 66.9 Å². The van der Waals surface area contributed by atoms with Crippen molar-refractivity contribution in [2.24, 2.45) is 0 Å². The van der Waals surface area contributed by atoms with Crippen molar-refractivity contribution in [3.63, 3.8) is 0 Å². The minimum Gasteiger partial charge on any atom is -0.347 e. The van der Waals surface area contributed by atoms with Gasteiger partial charge in [0.05, 0.1) is 0 Å². The largest absolute Gasteiger partial charge is 0.347 e. The van der Waals surface area contributed by atoms with Crippen molar-refractivity contribution in [1.82, 2.24) is 15.3 Å². The molecule has 0 saturated heterocycles. The van der Waals surface area contributed by atoms with Crippen molar-refractivity contribution in [2.45, 2.75) is 13.5 Å². The molecule has 26 heavy (non-hydrogen) atoms. The third-order valence-corrected chi connectivity index (χ3v) is 3.98. The van der Waals surface area contributed by atoms with E-state index in [1.54, 1.807) is 24.3 Å². The molecule has 5 nitrogen and oxygen atoms in total. The molecule has 132 valence electrons. The van der Waals surface area contributed by atoms with Crippen LogP contribution in [0.1, 0.15) is 21.6 Å². The van der Waals surface area contributed by atoms with Crippen LogP contribution in [0.4, 0.5) is 15.9 Å². The van der Waals surface area contributed by atoms with Crippen molar-refractivity contribution >= 4 is 29.0 Å². The third-order valence-electron chi connectivity index (χ3n) is 3.75. The number of rotatable bonds is 5. The van der Waals surface area contributed by atoms with Crippen LogP contribution < -0.4 is 10.6 Å². The Morgan fingerprint density at radius 3 is 2.73 bits per heavy atom. The standard InChI is InChI=1S/C19H16ClFN4O/c1-12-8-14(20)6-7-16(12)25-18-9-17(23-11-24-18)19(26)22-10-13-4-2-3-5-15(13)21/h2-9,11H,10H2,1H3,(H,22,26)(H,23,24,25). The summed E-state index contributed by atoms with van der Waals surface area (Å²) in [6.45, 7) is 1.99. The Bertz CT molecular complexity index is 948. The van der Waals surface area contributed by atoms with Crippen LogP contribution in [0, 0.1) is 12.7 Å². The van der Waals surface area contributed by atoms with E-state index in [1.165, 1.54) is 18.5 Å². The van der Waals surface area contributed by atoms with Gasteiger partial charge in [-0.2, -0.15) is 0 Å². The molecule has 0 radical (unpaired) electrons. The molecular weight excluding hydrogens is 355 g/mol. The average molecular weight is 371 g/mol. The number of carbonyl (C=O) groups is 1. The molecule has 0 unspecified atom stereocenters. The highest BCUT2D eigenvalue weighted by Crippen LogP contribution is 2.22. The number of halogens is 2. The van der Waals surface area contributed by atoms with Crippen LogP contribution in [0.15, 0.2) is 54.9 Å². The van der Waals surface area contributed by atoms with Crippen LogP contribution >= 0.6 is 11.6 Å². The Hall–Kier alpha value is -2.99. The van der Waals surface area contributed by atoms with Gasteiger partial charge >= 0.3 is 0 Å². The van der Waals surface area contributed by atoms with Gasteiger partial charge in [-0.15, -0.1) is 0 Å². The fraction of sp³-hybridized carbons (Fsp3) is 0.105. The SMILES string of the molecule is Cc1cc(Cl)ccc1Nc1cc(C(=O)NCc2ccccc2F)ncn1. The third kappa shape index (κ3) is 4.34. The zero-order chi connectivity index (χ0) is 18.5. The molecule has 0 aliphatic heterocycles. The highest BCUT2D eigenvalue weighted by molar-refractivity contribution is 6.30. The monoisotopic (exact) mass is 370 g/mol. The first-order valence-corrected chi connectivity index (χ1v) is 8.27. The first-order chi connectivity index (χ1) is 12.5. The molecule has 2 N–H and O–H groups in total. The Morgan fingerprint density at radius 1 is 1.15 bits per heavy atom. The number of benzene rings is 2. The van der Waals surface area contributed by atoms with E-state index < -0.39 is 5.91 Å². The number of nitrogens with zero attached hydrogens (tertiary/aromatic N) is 2. The predicted octanol–water partition coefficient (Wildman–Crippen LogP) is 4.25. The molecule has 3 aromatic rings. The van der Waals surface area contributed by atoms with Crippen molar-refractivity contribution in [3.8, 4) is 0 Å². The molecule has 3 rings (SSSR count). The van der Waals surface area contributed by atoms with E-state index in [0.29, 0.717) is 16.4 Å². The number of anilines is 2. The molecule has 0 aliphatic carbocycles. The van der Waals surface area contributed by atoms with E-state index in [9.17, 15) is 9.18 Å². The van der Waals surface area contributed by atoms with Gasteiger partial charge in [-0.3, -0.25) is 4.79 Å². The first kappa shape index (κ1) is 17.8. The van der Waals surface area contributed by atoms with Gasteiger partial charge in [0.15, 0.2) is 0 Å². The van der Waals surface area contributed by atoms with Gasteiger partial charge in [0, 0.05) is 28.9 Å². The Balaban J connectivity index is 1.70. The molecule has 1 aromatic heterocycles. The van der Waals surface area contributed by atoms with Crippen LogP contribution in [-0.2, 0) is 6.54 Å². The quantitative estimate of drug-likeness (QED) is 0.704. The van der Waals surface area contributed by atoms with Crippen molar-refractivity contribution in [3.05, 3.63) is 82.5 Å². The molecule has 0 fully saturated rings. The van der Waals surface area contributed by atoms with Gasteiger partial charge in [-0.05, 0) is 36.8 Å². The number of aromatic nitrogens is 2. The number of nitrogens with one attached hydrogen (secondary N) is 2. The van der Waals surface area contributed by atoms with Crippen LogP contribution in [0.2, 0.25) is 5.02 Å². The summed E-state index contributed by atoms with van der Waals surface area (Å²) in [6, 6.07) is 13.2. The minimum absolute atomic E-state index is 0.0779. The van der Waals surface area contributed by atoms with Crippen LogP contribution in [0.3, 0.4) is 0 Å². The molecule has 1 amide bonds. The van der Waals surface area contributed by atoms with Gasteiger partial charge in [-0.25, -0.2) is 14.4 Å². The maximum absolute atomic E-state index is 13.6. The lowest BCUT2D eigenvalue weighted by Gasteiger charge is -2.10. The minimum atomic E-state index is -0.411. The zero-order valence-electron chi connectivity index (χ0n) is 14.0. The predicted molar refractivity (Wildman–Crippen MR) is 99.1 cm³/mol. The Labute approximate surface area is 155 Å². The molecular formula is C19H16ClFN4O. The Kier molecular flexibility index (Phi) is 5.43. The molecule has 0 atom stereocenters. The van der Waals surface area contributed by atoms with E-state index in [-0.39, 0.29) is 18.1 Å². The summed E-state index contributed by atoms with van der Waals surface area (Å²) in [4.78, 5) is 20.4. The van der Waals surface area contributed by atoms with Crippen LogP contribution in [0.5, 0.6) is 0 Å². The summed E-state index contributed by atoms with van der Waals surface area (Å²) >= 11 is 5.95. The highest BCUT2D eigenvalue weighted by Gasteiger charge is 2.10. The second-order valence-corrected chi connectivity index (χ2v) is 6.08. The van der Waals surface area contributed by atoms with Gasteiger partial charge in [-0.1, -0.05) is 29.8 Å². The summed E-state index contributed by atoms with van der Waals surface area (Å²) in [5.74, 6) is -0.302. The summed E-state index contributed by atoms with van der Waals surface area (Å²) < 4.78 is 13.6. The molecule has 0 spiro atoms. The number of hydrogen-bond acceptors (Lipinski definition) is 4. The van der Waals surface area contributed by atoms with Crippen LogP contribution in [-0.4, -0.2) is 15.9 Å². The molecule has 2 aromatic carbocycles. The summed E-state index contributed by atoms with van der Waals surface area (Å²) in [7, 11) is 0. The molecule has 0 aliphatic rings. The fourth-order valence-electron chi connectivity index (χ4n) is 2.36. The smallest absolute Gasteiger partial charge is 0.270 e. The van der Waals surface area contributed by atoms with Gasteiger partial charge < -0.3 is 10.6 Å². The fourth-order valence-corrected chi connectivity index (χ4v) is 2.59. The number of hydrogen-bond donors (Lipinski definition) is 2. The zero-order valence-corrected chi connectivity index (χ0v) is 14.7. The second-order valence-electron chi connectivity index (χ2n) is 5.65. The normalized spacial score (nSPS) is 10.4. The number of carbonyl (C=O) groups excluding carboxylic acids is 1. The number of amides is 1. The van der Waals surface area contributed by atoms with Crippen LogP contribution in [0.25, 0.3) is 0 Å². The summed E-state index contributed by atoms with van der Waals surface area (Å²) in [5.41, 5.74) is 2.36. The van der Waals surface area contributed by atoms with Crippen molar-refractivity contribution < 1.29 is 9.18 Å². The highest BCUT2D eigenvalue weighted by atomic mass is 35.5. The number of aryl methyl sites for hydroxylation is 1. The van der Waals surface area contributed by atoms with E-state index in [4.69, 9.17) is 11.6 Å². The second kappa shape index (κ2) is 7.93. The molecule has 0 bridgehead atoms. The summed E-state index contributed by atoms with van der Waals surface area (Å²) in [6.07, 6.45) is 1.30. The maximum atomic E-state index is 13.6. The molecule has 1 heterocycles. The summed E-state index contributed by atoms with van der Waals surface area (Å²) in [5, 5.41) is 6.42. The average Bonchev–Trinajstić information content (AvgIpc) is 2.63. The van der Waals surface area contributed by atoms with E-state index >= 15 is 0 Å². The van der Waals surface area contributed by atoms with Gasteiger partial charge in [0.25, 0.3) is 5.91 Å². The lowest BCUT2D eigenvalue weighted by molar-refractivity contribution is 0.0945. The van der Waals surface area contributed by atoms with E-state index in [2.05, 4.69) is 20.6 Å². The molecule has 7 heteroatoms. The maximum Gasteiger partial charge on any atom is 0.270 e. The lowest BCUT2D eigenvalue weighted by atomic mass is 10.2. The molecule has 0 saturated carbocycles. The Morgan fingerprint density at radius 2 is 1.96 bits per heavy atom. The van der Waals surface area contributed by atoms with Crippen molar-refractivity contribution in [1.29, 1.82) is 0 Å². The lowest BCUT2D eigenvalue weighted by Crippen LogP contribution is -2.24. The van der Waals surface area contributed by atoms with E-state index in [0.717, 1.165) is 11.3 Å². The van der Waals surface area contributed by atoms with Gasteiger partial charge in [0.1, 0.15) is 23.7 Å². The van der Waals surface area contributed by atoms with Gasteiger partial charge in [0.2, 0.25) is 0 Å². The van der Waals surface area contributed by atoms with Crippen molar-refractivity contribution in [2.75, 3.05) is 5.32 Å². The first-order valence-electron chi connectivity index (χ1n) is 7.90.